The molecule has 1 aromatic carbocycles. The number of hydrogen-bond donors (Lipinski definition) is 0. The van der Waals surface area contributed by atoms with E-state index in [2.05, 4.69) is 9.97 Å². The first kappa shape index (κ1) is 9.09. The zero-order valence-corrected chi connectivity index (χ0v) is 7.87. The first-order valence-corrected chi connectivity index (χ1v) is 4.37. The molecule has 0 bridgehead atoms. The Kier molecular flexibility index (Phi) is 2.41. The van der Waals surface area contributed by atoms with Crippen LogP contribution in [0.4, 0.5) is 4.39 Å². The number of rotatable bonds is 1. The molecule has 0 atom stereocenters. The first-order chi connectivity index (χ1) is 6.79. The van der Waals surface area contributed by atoms with Crippen LogP contribution in [0.5, 0.6) is 0 Å². The maximum Gasteiger partial charge on any atom is 0.140 e. The summed E-state index contributed by atoms with van der Waals surface area (Å²) >= 11 is 5.81. The van der Waals surface area contributed by atoms with Gasteiger partial charge in [0.15, 0.2) is 0 Å². The molecular formula is C10H6ClFN2. The summed E-state index contributed by atoms with van der Waals surface area (Å²) in [5.74, 6) is -0.329. The summed E-state index contributed by atoms with van der Waals surface area (Å²) in [5.41, 5.74) is 0.922. The van der Waals surface area contributed by atoms with E-state index in [-0.39, 0.29) is 11.0 Å². The maximum absolute atomic E-state index is 13.3. The third kappa shape index (κ3) is 1.59. The van der Waals surface area contributed by atoms with Crippen molar-refractivity contribution in [2.75, 3.05) is 0 Å². The Morgan fingerprint density at radius 1 is 1.14 bits per heavy atom. The zero-order chi connectivity index (χ0) is 9.97. The maximum atomic E-state index is 13.3. The molecule has 0 radical (unpaired) electrons. The smallest absolute Gasteiger partial charge is 0.140 e. The number of aromatic nitrogens is 2. The Labute approximate surface area is 85.4 Å². The van der Waals surface area contributed by atoms with Gasteiger partial charge in [-0.3, -0.25) is 0 Å². The van der Waals surface area contributed by atoms with Gasteiger partial charge in [-0.25, -0.2) is 14.4 Å². The minimum Gasteiger partial charge on any atom is -0.244 e. The summed E-state index contributed by atoms with van der Waals surface area (Å²) in [7, 11) is 0. The highest BCUT2D eigenvalue weighted by Crippen LogP contribution is 2.26. The minimum atomic E-state index is -0.329. The fourth-order valence-corrected chi connectivity index (χ4v) is 1.37. The topological polar surface area (TPSA) is 25.8 Å². The van der Waals surface area contributed by atoms with Gasteiger partial charge in [0.2, 0.25) is 0 Å². The van der Waals surface area contributed by atoms with Gasteiger partial charge in [-0.1, -0.05) is 29.8 Å². The summed E-state index contributed by atoms with van der Waals surface area (Å²) in [6.07, 6.45) is 2.82. The van der Waals surface area contributed by atoms with Crippen LogP contribution in [0.25, 0.3) is 11.1 Å². The number of hydrogen-bond acceptors (Lipinski definition) is 2. The first-order valence-electron chi connectivity index (χ1n) is 3.99. The normalized spacial score (nSPS) is 10.1. The fourth-order valence-electron chi connectivity index (χ4n) is 1.18. The van der Waals surface area contributed by atoms with Crippen LogP contribution in [0.1, 0.15) is 0 Å². The predicted molar refractivity (Wildman–Crippen MR) is 52.4 cm³/mol. The van der Waals surface area contributed by atoms with Crippen molar-refractivity contribution >= 4 is 11.6 Å². The fraction of sp³-hybridized carbons (Fsp3) is 0. The van der Waals surface area contributed by atoms with E-state index in [9.17, 15) is 4.39 Å². The molecule has 0 spiro atoms. The van der Waals surface area contributed by atoms with Crippen molar-refractivity contribution in [3.8, 4) is 11.1 Å². The lowest BCUT2D eigenvalue weighted by Gasteiger charge is -2.02. The van der Waals surface area contributed by atoms with Crippen molar-refractivity contribution in [1.82, 2.24) is 9.97 Å². The molecule has 0 aliphatic heterocycles. The lowest BCUT2D eigenvalue weighted by atomic mass is 10.1. The molecule has 70 valence electrons. The van der Waals surface area contributed by atoms with Gasteiger partial charge in [0.25, 0.3) is 0 Å². The summed E-state index contributed by atoms with van der Waals surface area (Å²) < 4.78 is 13.3. The standard InChI is InChI=1S/C10H6ClFN2/c11-10-8(5-13-6-14-10)7-3-1-2-4-9(7)12/h1-6H. The van der Waals surface area contributed by atoms with Crippen molar-refractivity contribution in [2.45, 2.75) is 0 Å². The molecule has 0 fully saturated rings. The van der Waals surface area contributed by atoms with Gasteiger partial charge >= 0.3 is 0 Å². The van der Waals surface area contributed by atoms with E-state index in [1.165, 1.54) is 18.6 Å². The molecule has 4 heteroatoms. The van der Waals surface area contributed by atoms with Crippen LogP contribution < -0.4 is 0 Å². The van der Waals surface area contributed by atoms with Crippen molar-refractivity contribution in [2.24, 2.45) is 0 Å². The van der Waals surface area contributed by atoms with Crippen molar-refractivity contribution in [3.05, 3.63) is 47.8 Å². The Bertz CT molecular complexity index is 416. The van der Waals surface area contributed by atoms with Gasteiger partial charge in [0.05, 0.1) is 0 Å². The van der Waals surface area contributed by atoms with Gasteiger partial charge in [-0.05, 0) is 6.07 Å². The van der Waals surface area contributed by atoms with E-state index >= 15 is 0 Å². The molecular weight excluding hydrogens is 203 g/mol. The number of halogens is 2. The van der Waals surface area contributed by atoms with Crippen LogP contribution in [-0.2, 0) is 0 Å². The summed E-state index contributed by atoms with van der Waals surface area (Å²) in [4.78, 5) is 7.59. The Balaban J connectivity index is 2.61. The molecule has 14 heavy (non-hydrogen) atoms. The van der Waals surface area contributed by atoms with E-state index in [0.717, 1.165) is 0 Å². The third-order valence-electron chi connectivity index (χ3n) is 1.83. The molecule has 1 heterocycles. The zero-order valence-electron chi connectivity index (χ0n) is 7.11. The molecule has 0 saturated heterocycles. The second-order valence-electron chi connectivity index (χ2n) is 2.71. The van der Waals surface area contributed by atoms with Crippen LogP contribution in [0.15, 0.2) is 36.8 Å². The summed E-state index contributed by atoms with van der Waals surface area (Å²) in [5, 5.41) is 0.255. The molecule has 0 saturated carbocycles. The lowest BCUT2D eigenvalue weighted by molar-refractivity contribution is 0.631. The molecule has 2 nitrogen and oxygen atoms in total. The van der Waals surface area contributed by atoms with Gasteiger partial charge in [-0.2, -0.15) is 0 Å². The molecule has 0 N–H and O–H groups in total. The second kappa shape index (κ2) is 3.72. The SMILES string of the molecule is Fc1ccccc1-c1cncnc1Cl. The Hall–Kier alpha value is -1.48. The predicted octanol–water partition coefficient (Wildman–Crippen LogP) is 2.94. The minimum absolute atomic E-state index is 0.255. The van der Waals surface area contributed by atoms with Crippen LogP contribution in [0.3, 0.4) is 0 Å². The van der Waals surface area contributed by atoms with Gasteiger partial charge in [-0.15, -0.1) is 0 Å². The van der Waals surface area contributed by atoms with Gasteiger partial charge in [0, 0.05) is 17.3 Å². The molecule has 0 aliphatic carbocycles. The van der Waals surface area contributed by atoms with Crippen LogP contribution in [0, 0.1) is 5.82 Å². The largest absolute Gasteiger partial charge is 0.244 e. The average Bonchev–Trinajstić information content (AvgIpc) is 2.20. The third-order valence-corrected chi connectivity index (χ3v) is 2.13. The van der Waals surface area contributed by atoms with Gasteiger partial charge < -0.3 is 0 Å². The summed E-state index contributed by atoms with van der Waals surface area (Å²) in [6.45, 7) is 0. The lowest BCUT2D eigenvalue weighted by Crippen LogP contribution is -1.88. The quantitative estimate of drug-likeness (QED) is 0.674. The number of benzene rings is 1. The van der Waals surface area contributed by atoms with Crippen LogP contribution in [-0.4, -0.2) is 9.97 Å². The highest BCUT2D eigenvalue weighted by Gasteiger charge is 2.08. The highest BCUT2D eigenvalue weighted by molar-refractivity contribution is 6.32. The van der Waals surface area contributed by atoms with Crippen LogP contribution >= 0.6 is 11.6 Å². The molecule has 0 amide bonds. The molecule has 2 rings (SSSR count). The number of nitrogens with zero attached hydrogens (tertiary/aromatic N) is 2. The monoisotopic (exact) mass is 208 g/mol. The molecule has 0 aliphatic rings. The average molecular weight is 209 g/mol. The van der Waals surface area contributed by atoms with Crippen molar-refractivity contribution in [1.29, 1.82) is 0 Å². The second-order valence-corrected chi connectivity index (χ2v) is 3.07. The Morgan fingerprint density at radius 3 is 2.64 bits per heavy atom. The van der Waals surface area contributed by atoms with Crippen molar-refractivity contribution < 1.29 is 4.39 Å². The van der Waals surface area contributed by atoms with E-state index < -0.39 is 0 Å². The Morgan fingerprint density at radius 2 is 1.93 bits per heavy atom. The van der Waals surface area contributed by atoms with E-state index in [1.807, 2.05) is 0 Å². The molecule has 1 aromatic heterocycles. The van der Waals surface area contributed by atoms with E-state index in [1.54, 1.807) is 18.2 Å². The van der Waals surface area contributed by atoms with Crippen LogP contribution in [0.2, 0.25) is 5.15 Å². The van der Waals surface area contributed by atoms with Crippen molar-refractivity contribution in [3.63, 3.8) is 0 Å². The molecule has 0 unspecified atom stereocenters. The van der Waals surface area contributed by atoms with E-state index in [0.29, 0.717) is 11.1 Å². The summed E-state index contributed by atoms with van der Waals surface area (Å²) in [6, 6.07) is 6.37. The van der Waals surface area contributed by atoms with Gasteiger partial charge in [0.1, 0.15) is 17.3 Å². The highest BCUT2D eigenvalue weighted by atomic mass is 35.5. The van der Waals surface area contributed by atoms with E-state index in [4.69, 9.17) is 11.6 Å². The molecule has 2 aromatic rings.